The van der Waals surface area contributed by atoms with Crippen LogP contribution in [-0.2, 0) is 14.8 Å². The molecule has 0 bridgehead atoms. The molecule has 9 heteroatoms. The Morgan fingerprint density at radius 3 is 2.50 bits per heavy atom. The Kier molecular flexibility index (Phi) is 5.47. The van der Waals surface area contributed by atoms with Gasteiger partial charge in [0.1, 0.15) is 5.75 Å². The molecular weight excluding hydrogens is 342 g/mol. The van der Waals surface area contributed by atoms with Crippen molar-refractivity contribution in [2.75, 3.05) is 11.9 Å². The number of halogens is 2. The second kappa shape index (κ2) is 7.37. The summed E-state index contributed by atoms with van der Waals surface area (Å²) >= 11 is 0. The number of sulfonamides is 1. The van der Waals surface area contributed by atoms with Gasteiger partial charge in [0.2, 0.25) is 15.9 Å². The van der Waals surface area contributed by atoms with Gasteiger partial charge in [-0.05, 0) is 30.3 Å². The van der Waals surface area contributed by atoms with Crippen molar-refractivity contribution in [1.29, 1.82) is 0 Å². The molecule has 0 spiro atoms. The molecule has 0 radical (unpaired) electrons. The third-order valence-corrected chi connectivity index (χ3v) is 4.43. The van der Waals surface area contributed by atoms with Crippen LogP contribution in [0.1, 0.15) is 6.42 Å². The van der Waals surface area contributed by atoms with Gasteiger partial charge in [-0.2, -0.15) is 0 Å². The summed E-state index contributed by atoms with van der Waals surface area (Å²) in [5, 5.41) is 11.8. The minimum Gasteiger partial charge on any atom is -0.508 e. The summed E-state index contributed by atoms with van der Waals surface area (Å²) in [7, 11) is -4.05. The molecule has 2 aromatic carbocycles. The second-order valence-electron chi connectivity index (χ2n) is 4.82. The average Bonchev–Trinajstić information content (AvgIpc) is 2.49. The molecule has 0 saturated heterocycles. The SMILES string of the molecule is O=C(CCNS(=O)(=O)c1ccc(F)c(F)c1)Nc1cccc(O)c1. The predicted molar refractivity (Wildman–Crippen MR) is 82.9 cm³/mol. The molecule has 0 atom stereocenters. The van der Waals surface area contributed by atoms with Gasteiger partial charge < -0.3 is 10.4 Å². The summed E-state index contributed by atoms with van der Waals surface area (Å²) in [5.41, 5.74) is 0.364. The minimum absolute atomic E-state index is 0.0214. The van der Waals surface area contributed by atoms with Crippen molar-refractivity contribution in [3.05, 3.63) is 54.1 Å². The van der Waals surface area contributed by atoms with E-state index in [0.29, 0.717) is 17.8 Å². The number of carbonyl (C=O) groups is 1. The molecule has 6 nitrogen and oxygen atoms in total. The van der Waals surface area contributed by atoms with E-state index in [0.717, 1.165) is 6.07 Å². The van der Waals surface area contributed by atoms with Crippen molar-refractivity contribution >= 4 is 21.6 Å². The van der Waals surface area contributed by atoms with Crippen LogP contribution in [0.15, 0.2) is 47.4 Å². The molecule has 0 aliphatic rings. The van der Waals surface area contributed by atoms with Crippen molar-refractivity contribution in [2.24, 2.45) is 0 Å². The largest absolute Gasteiger partial charge is 0.508 e. The number of carbonyl (C=O) groups excluding carboxylic acids is 1. The molecule has 0 saturated carbocycles. The Balaban J connectivity index is 1.90. The molecule has 2 aromatic rings. The number of anilines is 1. The lowest BCUT2D eigenvalue weighted by Gasteiger charge is -2.08. The number of hydrogen-bond donors (Lipinski definition) is 3. The first-order valence-corrected chi connectivity index (χ1v) is 8.30. The first-order chi connectivity index (χ1) is 11.3. The summed E-state index contributed by atoms with van der Waals surface area (Å²) in [6.07, 6.45) is -0.182. The van der Waals surface area contributed by atoms with E-state index in [1.54, 1.807) is 6.07 Å². The normalized spacial score (nSPS) is 11.2. The molecule has 0 heterocycles. The third-order valence-electron chi connectivity index (χ3n) is 2.98. The van der Waals surface area contributed by atoms with Crippen LogP contribution in [0.5, 0.6) is 5.75 Å². The van der Waals surface area contributed by atoms with E-state index in [4.69, 9.17) is 0 Å². The lowest BCUT2D eigenvalue weighted by Crippen LogP contribution is -2.28. The molecule has 0 aliphatic heterocycles. The topological polar surface area (TPSA) is 95.5 Å². The number of nitrogens with one attached hydrogen (secondary N) is 2. The quantitative estimate of drug-likeness (QED) is 0.737. The van der Waals surface area contributed by atoms with Gasteiger partial charge in [0.25, 0.3) is 0 Å². The summed E-state index contributed by atoms with van der Waals surface area (Å²) < 4.78 is 51.9. The monoisotopic (exact) mass is 356 g/mol. The van der Waals surface area contributed by atoms with E-state index in [2.05, 4.69) is 10.0 Å². The van der Waals surface area contributed by atoms with Gasteiger partial charge >= 0.3 is 0 Å². The van der Waals surface area contributed by atoms with E-state index in [9.17, 15) is 27.1 Å². The Labute approximate surface area is 137 Å². The highest BCUT2D eigenvalue weighted by atomic mass is 32.2. The van der Waals surface area contributed by atoms with E-state index in [-0.39, 0.29) is 18.7 Å². The van der Waals surface area contributed by atoms with Crippen LogP contribution in [0, 0.1) is 11.6 Å². The fourth-order valence-corrected chi connectivity index (χ4v) is 2.88. The van der Waals surface area contributed by atoms with Crippen LogP contribution in [0.4, 0.5) is 14.5 Å². The number of benzene rings is 2. The molecule has 0 aromatic heterocycles. The molecule has 3 N–H and O–H groups in total. The predicted octanol–water partition coefficient (Wildman–Crippen LogP) is 1.98. The highest BCUT2D eigenvalue weighted by Gasteiger charge is 2.16. The highest BCUT2D eigenvalue weighted by molar-refractivity contribution is 7.89. The lowest BCUT2D eigenvalue weighted by atomic mass is 10.3. The maximum atomic E-state index is 13.1. The Morgan fingerprint density at radius 2 is 1.83 bits per heavy atom. The van der Waals surface area contributed by atoms with Crippen LogP contribution < -0.4 is 10.0 Å². The van der Waals surface area contributed by atoms with Crippen LogP contribution in [0.3, 0.4) is 0 Å². The Morgan fingerprint density at radius 1 is 1.08 bits per heavy atom. The van der Waals surface area contributed by atoms with Gasteiger partial charge in [-0.15, -0.1) is 0 Å². The number of phenols is 1. The molecule has 0 aliphatic carbocycles. The highest BCUT2D eigenvalue weighted by Crippen LogP contribution is 2.16. The molecule has 1 amide bonds. The summed E-state index contributed by atoms with van der Waals surface area (Å²) in [6, 6.07) is 8.06. The van der Waals surface area contributed by atoms with Gasteiger partial charge in [0.05, 0.1) is 4.90 Å². The first-order valence-electron chi connectivity index (χ1n) is 6.81. The number of hydrogen-bond acceptors (Lipinski definition) is 4. The van der Waals surface area contributed by atoms with E-state index in [1.165, 1.54) is 18.2 Å². The maximum absolute atomic E-state index is 13.1. The molecule has 0 unspecified atom stereocenters. The fraction of sp³-hybridized carbons (Fsp3) is 0.133. The summed E-state index contributed by atoms with van der Waals surface area (Å²) in [6.45, 7) is -0.230. The van der Waals surface area contributed by atoms with Crippen LogP contribution in [0.25, 0.3) is 0 Å². The zero-order chi connectivity index (χ0) is 17.7. The van der Waals surface area contributed by atoms with Crippen molar-refractivity contribution < 1.29 is 27.1 Å². The molecule has 0 fully saturated rings. The van der Waals surface area contributed by atoms with Crippen LogP contribution >= 0.6 is 0 Å². The van der Waals surface area contributed by atoms with E-state index >= 15 is 0 Å². The minimum atomic E-state index is -4.05. The van der Waals surface area contributed by atoms with Gasteiger partial charge in [-0.25, -0.2) is 21.9 Å². The number of rotatable bonds is 6. The molecule has 2 rings (SSSR count). The average molecular weight is 356 g/mol. The zero-order valence-corrected chi connectivity index (χ0v) is 13.1. The van der Waals surface area contributed by atoms with Gasteiger partial charge in [-0.1, -0.05) is 6.07 Å². The van der Waals surface area contributed by atoms with Gasteiger partial charge in [0.15, 0.2) is 11.6 Å². The molecular formula is C15H14F2N2O4S. The zero-order valence-electron chi connectivity index (χ0n) is 12.3. The van der Waals surface area contributed by atoms with Crippen molar-refractivity contribution in [2.45, 2.75) is 11.3 Å². The van der Waals surface area contributed by atoms with E-state index in [1.807, 2.05) is 0 Å². The van der Waals surface area contributed by atoms with Crippen LogP contribution in [0.2, 0.25) is 0 Å². The number of amides is 1. The third kappa shape index (κ3) is 4.74. The summed E-state index contributed by atoms with van der Waals surface area (Å²) in [4.78, 5) is 11.3. The second-order valence-corrected chi connectivity index (χ2v) is 6.59. The fourth-order valence-electron chi connectivity index (χ4n) is 1.83. The number of phenolic OH excluding ortho intramolecular Hbond substituents is 1. The molecule has 24 heavy (non-hydrogen) atoms. The Hall–Kier alpha value is -2.52. The van der Waals surface area contributed by atoms with Crippen molar-refractivity contribution in [3.63, 3.8) is 0 Å². The van der Waals surface area contributed by atoms with E-state index < -0.39 is 32.5 Å². The van der Waals surface area contributed by atoms with Crippen molar-refractivity contribution in [3.8, 4) is 5.75 Å². The van der Waals surface area contributed by atoms with Gasteiger partial charge in [0, 0.05) is 24.7 Å². The summed E-state index contributed by atoms with van der Waals surface area (Å²) in [5.74, 6) is -2.93. The molecule has 128 valence electrons. The van der Waals surface area contributed by atoms with Crippen LogP contribution in [-0.4, -0.2) is 26.0 Å². The first kappa shape index (κ1) is 17.8. The lowest BCUT2D eigenvalue weighted by molar-refractivity contribution is -0.116. The standard InChI is InChI=1S/C15H14F2N2O4S/c16-13-5-4-12(9-14(13)17)24(22,23)18-7-6-15(21)19-10-2-1-3-11(20)8-10/h1-5,8-9,18,20H,6-7H2,(H,19,21). The number of aromatic hydroxyl groups is 1. The van der Waals surface area contributed by atoms with Crippen molar-refractivity contribution in [1.82, 2.24) is 4.72 Å². The Bertz CT molecular complexity index is 856. The smallest absolute Gasteiger partial charge is 0.240 e. The maximum Gasteiger partial charge on any atom is 0.240 e. The van der Waals surface area contributed by atoms with Gasteiger partial charge in [-0.3, -0.25) is 4.79 Å².